The molecule has 0 amide bonds. The van der Waals surface area contributed by atoms with Crippen molar-refractivity contribution in [1.29, 1.82) is 0 Å². The first-order valence-corrected chi connectivity index (χ1v) is 10.3. The quantitative estimate of drug-likeness (QED) is 0.241. The number of rotatable bonds is 8. The maximum Gasteiger partial charge on any atom is 0.269 e. The second-order valence-corrected chi connectivity index (χ2v) is 7.56. The lowest BCUT2D eigenvalue weighted by atomic mass is 10.0. The van der Waals surface area contributed by atoms with Crippen molar-refractivity contribution in [1.82, 2.24) is 15.2 Å². The number of benzene rings is 1. The molecule has 1 aliphatic heterocycles. The normalized spacial score (nSPS) is 18.2. The Morgan fingerprint density at radius 1 is 1.23 bits per heavy atom. The van der Waals surface area contributed by atoms with E-state index in [2.05, 4.69) is 15.2 Å². The largest absolute Gasteiger partial charge is 0.459 e. The number of ether oxygens (including phenoxy) is 1. The monoisotopic (exact) mass is 438 g/mol. The van der Waals surface area contributed by atoms with Crippen molar-refractivity contribution in [3.05, 3.63) is 82.4 Å². The zero-order chi connectivity index (χ0) is 21.8. The van der Waals surface area contributed by atoms with Crippen molar-refractivity contribution in [3.8, 4) is 11.3 Å². The van der Waals surface area contributed by atoms with Crippen molar-refractivity contribution >= 4 is 23.0 Å². The van der Waals surface area contributed by atoms with E-state index in [1.165, 1.54) is 12.1 Å². The van der Waals surface area contributed by atoms with E-state index in [4.69, 9.17) is 21.4 Å². The number of nitrogens with one attached hydrogen (secondary N) is 1. The van der Waals surface area contributed by atoms with Crippen molar-refractivity contribution in [2.24, 2.45) is 0 Å². The minimum Gasteiger partial charge on any atom is -0.459 e. The Morgan fingerprint density at radius 2 is 2.03 bits per heavy atom. The highest BCUT2D eigenvalue weighted by atomic mass is 32.1. The molecule has 0 saturated carbocycles. The van der Waals surface area contributed by atoms with E-state index < -0.39 is 4.92 Å². The van der Waals surface area contributed by atoms with Gasteiger partial charge in [-0.3, -0.25) is 15.1 Å². The lowest BCUT2D eigenvalue weighted by Gasteiger charge is -2.25. The Labute approximate surface area is 185 Å². The van der Waals surface area contributed by atoms with Gasteiger partial charge in [0.1, 0.15) is 17.6 Å². The van der Waals surface area contributed by atoms with E-state index in [1.807, 2.05) is 30.3 Å². The molecule has 2 atom stereocenters. The van der Waals surface area contributed by atoms with Gasteiger partial charge < -0.3 is 19.4 Å². The molecule has 3 aromatic rings. The molecule has 9 heteroatoms. The fourth-order valence-electron chi connectivity index (χ4n) is 3.75. The highest BCUT2D eigenvalue weighted by Gasteiger charge is 2.41. The molecular weight excluding hydrogens is 416 g/mol. The lowest BCUT2D eigenvalue weighted by Crippen LogP contribution is -2.31. The maximum absolute atomic E-state index is 10.9. The first kappa shape index (κ1) is 21.0. The van der Waals surface area contributed by atoms with E-state index >= 15 is 0 Å². The van der Waals surface area contributed by atoms with Gasteiger partial charge in [-0.25, -0.2) is 0 Å². The molecule has 1 aliphatic rings. The van der Waals surface area contributed by atoms with E-state index in [1.54, 1.807) is 25.4 Å². The number of methoxy groups -OCH3 is 1. The average molecular weight is 439 g/mol. The number of non-ortho nitro benzene ring substituents is 1. The van der Waals surface area contributed by atoms with Crippen molar-refractivity contribution < 1.29 is 14.1 Å². The third-order valence-electron chi connectivity index (χ3n) is 5.23. The summed E-state index contributed by atoms with van der Waals surface area (Å²) in [7, 11) is 1.68. The predicted molar refractivity (Wildman–Crippen MR) is 119 cm³/mol. The molecule has 4 rings (SSSR count). The zero-order valence-corrected chi connectivity index (χ0v) is 17.7. The van der Waals surface area contributed by atoms with Gasteiger partial charge in [-0.15, -0.1) is 0 Å². The highest BCUT2D eigenvalue weighted by molar-refractivity contribution is 7.80. The van der Waals surface area contributed by atoms with Crippen molar-refractivity contribution in [2.45, 2.75) is 18.5 Å². The molecule has 0 radical (unpaired) electrons. The number of nitrogens with zero attached hydrogens (tertiary/aromatic N) is 3. The molecule has 1 aromatic carbocycles. The summed E-state index contributed by atoms with van der Waals surface area (Å²) in [6, 6.07) is 15.6. The van der Waals surface area contributed by atoms with Crippen LogP contribution in [0.3, 0.4) is 0 Å². The van der Waals surface area contributed by atoms with Crippen LogP contribution >= 0.6 is 12.2 Å². The van der Waals surface area contributed by atoms with E-state index in [-0.39, 0.29) is 17.8 Å². The molecule has 0 bridgehead atoms. The third-order valence-corrected chi connectivity index (χ3v) is 5.58. The summed E-state index contributed by atoms with van der Waals surface area (Å²) in [5, 5.41) is 14.9. The third kappa shape index (κ3) is 4.42. The topological polar surface area (TPSA) is 93.7 Å². The Hall–Kier alpha value is -3.30. The number of nitro groups is 1. The standard InChI is InChI=1S/C22H22N4O4S/c1-29-14-4-13-25-21(20(24-22(25)31)17-5-2-3-12-23-17)19-11-10-18(30-19)15-6-8-16(9-7-15)26(27)28/h2-3,5-12,20-21H,4,13-14H2,1H3,(H,24,31)/t20-,21+/m1/s1. The van der Waals surface area contributed by atoms with Crippen LogP contribution in [0.15, 0.2) is 65.2 Å². The number of hydrogen-bond donors (Lipinski definition) is 1. The number of hydrogen-bond acceptors (Lipinski definition) is 6. The first-order chi connectivity index (χ1) is 15.1. The molecule has 3 heterocycles. The number of nitro benzene ring substituents is 1. The summed E-state index contributed by atoms with van der Waals surface area (Å²) in [5.41, 5.74) is 1.68. The van der Waals surface area contributed by atoms with Crippen LogP contribution in [0, 0.1) is 10.1 Å². The highest BCUT2D eigenvalue weighted by Crippen LogP contribution is 2.40. The number of thiocarbonyl (C=S) groups is 1. The summed E-state index contributed by atoms with van der Waals surface area (Å²) >= 11 is 5.62. The number of pyridine rings is 1. The van der Waals surface area contributed by atoms with E-state index in [9.17, 15) is 10.1 Å². The minimum absolute atomic E-state index is 0.0420. The second-order valence-electron chi connectivity index (χ2n) is 7.17. The molecule has 8 nitrogen and oxygen atoms in total. The smallest absolute Gasteiger partial charge is 0.269 e. The SMILES string of the molecule is COCCCN1C(=S)N[C@H](c2ccccn2)[C@@H]1c1ccc(-c2ccc([N+](=O)[O-])cc2)o1. The first-order valence-electron chi connectivity index (χ1n) is 9.90. The Morgan fingerprint density at radius 3 is 2.71 bits per heavy atom. The summed E-state index contributed by atoms with van der Waals surface area (Å²) in [5.74, 6) is 1.38. The summed E-state index contributed by atoms with van der Waals surface area (Å²) in [6.07, 6.45) is 2.58. The van der Waals surface area contributed by atoms with Crippen LogP contribution in [-0.4, -0.2) is 40.2 Å². The van der Waals surface area contributed by atoms with Gasteiger partial charge in [0.05, 0.1) is 16.7 Å². The molecular formula is C22H22N4O4S. The number of furan rings is 1. The van der Waals surface area contributed by atoms with Crippen LogP contribution in [0.1, 0.15) is 30.0 Å². The zero-order valence-electron chi connectivity index (χ0n) is 16.9. The van der Waals surface area contributed by atoms with Crippen molar-refractivity contribution in [3.63, 3.8) is 0 Å². The van der Waals surface area contributed by atoms with Gasteiger partial charge in [0.15, 0.2) is 5.11 Å². The van der Waals surface area contributed by atoms with Gasteiger partial charge in [-0.05, 0) is 55.0 Å². The Balaban J connectivity index is 1.66. The van der Waals surface area contributed by atoms with Crippen molar-refractivity contribution in [2.75, 3.05) is 20.3 Å². The van der Waals surface area contributed by atoms with E-state index in [0.29, 0.717) is 24.0 Å². The molecule has 0 unspecified atom stereocenters. The summed E-state index contributed by atoms with van der Waals surface area (Å²) in [4.78, 5) is 17.1. The minimum atomic E-state index is -0.419. The molecule has 1 fully saturated rings. The molecule has 160 valence electrons. The molecule has 0 aliphatic carbocycles. The van der Waals surface area contributed by atoms with Gasteiger partial charge in [-0.1, -0.05) is 6.07 Å². The van der Waals surface area contributed by atoms with Gasteiger partial charge >= 0.3 is 0 Å². The van der Waals surface area contributed by atoms with Gasteiger partial charge in [-0.2, -0.15) is 0 Å². The molecule has 0 spiro atoms. The van der Waals surface area contributed by atoms with Crippen LogP contribution in [0.2, 0.25) is 0 Å². The molecule has 2 aromatic heterocycles. The maximum atomic E-state index is 10.9. The van der Waals surface area contributed by atoms with E-state index in [0.717, 1.165) is 23.4 Å². The molecule has 31 heavy (non-hydrogen) atoms. The van der Waals surface area contributed by atoms with Gasteiger partial charge in [0.2, 0.25) is 0 Å². The van der Waals surface area contributed by atoms with Crippen LogP contribution < -0.4 is 5.32 Å². The Bertz CT molecular complexity index is 1050. The molecule has 1 saturated heterocycles. The summed E-state index contributed by atoms with van der Waals surface area (Å²) < 4.78 is 11.4. The number of aromatic nitrogens is 1. The van der Waals surface area contributed by atoms with Crippen LogP contribution in [0.25, 0.3) is 11.3 Å². The fraction of sp³-hybridized carbons (Fsp3) is 0.273. The Kier molecular flexibility index (Phi) is 6.24. The summed E-state index contributed by atoms with van der Waals surface area (Å²) in [6.45, 7) is 1.34. The lowest BCUT2D eigenvalue weighted by molar-refractivity contribution is -0.384. The predicted octanol–water partition coefficient (Wildman–Crippen LogP) is 4.26. The van der Waals surface area contributed by atoms with Gasteiger partial charge in [0.25, 0.3) is 5.69 Å². The van der Waals surface area contributed by atoms with Crippen LogP contribution in [-0.2, 0) is 4.74 Å². The van der Waals surface area contributed by atoms with Gasteiger partial charge in [0, 0.05) is 44.2 Å². The average Bonchev–Trinajstić information content (AvgIpc) is 3.39. The van der Waals surface area contributed by atoms with Crippen LogP contribution in [0.5, 0.6) is 0 Å². The second kappa shape index (κ2) is 9.23. The molecule has 1 N–H and O–H groups in total. The van der Waals surface area contributed by atoms with Crippen LogP contribution in [0.4, 0.5) is 5.69 Å². The fourth-order valence-corrected chi connectivity index (χ4v) is 4.08.